The van der Waals surface area contributed by atoms with E-state index in [1.165, 1.54) is 18.9 Å². The Balaban J connectivity index is 1.74. The number of benzene rings is 1. The van der Waals surface area contributed by atoms with E-state index in [0.717, 1.165) is 16.5 Å². The lowest BCUT2D eigenvalue weighted by Crippen LogP contribution is -2.27. The summed E-state index contributed by atoms with van der Waals surface area (Å²) >= 11 is 0. The standard InChI is InChI=1S/C23H20N4O3/c24-22(28)21-14-19-15-27(21)11-10-25-16-29-12-6-2-1-3-8-18-13-17-7-4-5-9-20(17)26-23(18)30-19/h1-14,16,19H,15H2,(H2,24,28). The van der Waals surface area contributed by atoms with Gasteiger partial charge in [-0.3, -0.25) is 4.79 Å². The van der Waals surface area contributed by atoms with Gasteiger partial charge in [-0.15, -0.1) is 0 Å². The fraction of sp³-hybridized carbons (Fsp3) is 0.0870. The van der Waals surface area contributed by atoms with Crippen LogP contribution < -0.4 is 10.5 Å². The summed E-state index contributed by atoms with van der Waals surface area (Å²) in [6.45, 7) is 0.405. The van der Waals surface area contributed by atoms with Crippen molar-refractivity contribution in [2.24, 2.45) is 10.7 Å². The molecule has 1 unspecified atom stereocenters. The molecule has 4 rings (SSSR count). The van der Waals surface area contributed by atoms with Crippen LogP contribution in [-0.4, -0.2) is 34.8 Å². The van der Waals surface area contributed by atoms with Gasteiger partial charge in [-0.25, -0.2) is 9.98 Å². The van der Waals surface area contributed by atoms with Gasteiger partial charge in [-0.2, -0.15) is 0 Å². The number of carbonyl (C=O) groups excluding carboxylic acids is 1. The molecule has 150 valence electrons. The molecule has 2 aromatic rings. The van der Waals surface area contributed by atoms with E-state index in [9.17, 15) is 4.79 Å². The van der Waals surface area contributed by atoms with Crippen molar-refractivity contribution in [1.29, 1.82) is 0 Å². The first-order chi connectivity index (χ1) is 14.7. The van der Waals surface area contributed by atoms with Crippen LogP contribution >= 0.6 is 0 Å². The van der Waals surface area contributed by atoms with Crippen LogP contribution in [0, 0.1) is 0 Å². The number of amides is 1. The number of nitrogens with zero attached hydrogens (tertiary/aromatic N) is 3. The smallest absolute Gasteiger partial charge is 0.265 e. The Kier molecular flexibility index (Phi) is 5.70. The van der Waals surface area contributed by atoms with Crippen LogP contribution in [0.25, 0.3) is 17.0 Å². The van der Waals surface area contributed by atoms with E-state index in [2.05, 4.69) is 9.98 Å². The number of ether oxygens (including phenoxy) is 2. The molecule has 2 aliphatic rings. The molecule has 1 aromatic heterocycles. The van der Waals surface area contributed by atoms with Gasteiger partial charge in [0.2, 0.25) is 5.88 Å². The zero-order valence-electron chi connectivity index (χ0n) is 16.1. The summed E-state index contributed by atoms with van der Waals surface area (Å²) in [4.78, 5) is 22.2. The predicted molar refractivity (Wildman–Crippen MR) is 116 cm³/mol. The Bertz CT molecular complexity index is 1130. The quantitative estimate of drug-likeness (QED) is 0.793. The highest BCUT2D eigenvalue weighted by atomic mass is 16.5. The van der Waals surface area contributed by atoms with Gasteiger partial charge in [-0.1, -0.05) is 36.4 Å². The number of carbonyl (C=O) groups is 1. The second-order valence-corrected chi connectivity index (χ2v) is 6.56. The molecule has 0 saturated heterocycles. The second-order valence-electron chi connectivity index (χ2n) is 6.56. The Morgan fingerprint density at radius 1 is 1.17 bits per heavy atom. The molecular formula is C23H20N4O3. The zero-order chi connectivity index (χ0) is 20.8. The summed E-state index contributed by atoms with van der Waals surface area (Å²) in [5, 5.41) is 1.01. The summed E-state index contributed by atoms with van der Waals surface area (Å²) in [7, 11) is 0. The fourth-order valence-electron chi connectivity index (χ4n) is 3.13. The number of aromatic nitrogens is 1. The monoisotopic (exact) mass is 400 g/mol. The number of aliphatic imine (C=N–C) groups is 1. The fourth-order valence-corrected chi connectivity index (χ4v) is 3.13. The molecule has 30 heavy (non-hydrogen) atoms. The highest BCUT2D eigenvalue weighted by molar-refractivity contribution is 5.92. The van der Waals surface area contributed by atoms with Crippen molar-refractivity contribution in [1.82, 2.24) is 9.88 Å². The average Bonchev–Trinajstić information content (AvgIpc) is 3.14. The maximum absolute atomic E-state index is 11.9. The zero-order valence-corrected chi connectivity index (χ0v) is 16.1. The number of rotatable bonds is 1. The highest BCUT2D eigenvalue weighted by Crippen LogP contribution is 2.27. The molecule has 0 saturated carbocycles. The van der Waals surface area contributed by atoms with Gasteiger partial charge in [0, 0.05) is 23.3 Å². The third-order valence-corrected chi connectivity index (χ3v) is 4.48. The molecule has 3 heterocycles. The number of allylic oxidation sites excluding steroid dienone is 4. The van der Waals surface area contributed by atoms with Crippen LogP contribution in [0.4, 0.5) is 0 Å². The van der Waals surface area contributed by atoms with E-state index in [4.69, 9.17) is 15.2 Å². The van der Waals surface area contributed by atoms with Crippen molar-refractivity contribution < 1.29 is 14.3 Å². The topological polar surface area (TPSA) is 90.0 Å². The molecule has 7 nitrogen and oxygen atoms in total. The summed E-state index contributed by atoms with van der Waals surface area (Å²) in [5.41, 5.74) is 7.53. The van der Waals surface area contributed by atoms with Crippen molar-refractivity contribution in [3.05, 3.63) is 90.6 Å². The van der Waals surface area contributed by atoms with Gasteiger partial charge in [0.05, 0.1) is 18.3 Å². The molecule has 0 spiro atoms. The van der Waals surface area contributed by atoms with E-state index in [1.54, 1.807) is 23.3 Å². The van der Waals surface area contributed by atoms with Gasteiger partial charge < -0.3 is 20.1 Å². The Hall–Kier alpha value is -4.13. The van der Waals surface area contributed by atoms with E-state index in [-0.39, 0.29) is 0 Å². The van der Waals surface area contributed by atoms with E-state index in [1.807, 2.05) is 54.6 Å². The lowest BCUT2D eigenvalue weighted by Gasteiger charge is -2.17. The molecule has 0 radical (unpaired) electrons. The van der Waals surface area contributed by atoms with Crippen molar-refractivity contribution in [3.63, 3.8) is 0 Å². The van der Waals surface area contributed by atoms with Gasteiger partial charge in [0.25, 0.3) is 5.91 Å². The summed E-state index contributed by atoms with van der Waals surface area (Å²) in [5.74, 6) is -0.0597. The minimum atomic E-state index is -0.542. The van der Waals surface area contributed by atoms with E-state index < -0.39 is 12.0 Å². The first-order valence-electron chi connectivity index (χ1n) is 9.39. The Labute approximate surface area is 173 Å². The van der Waals surface area contributed by atoms with Crippen LogP contribution in [0.3, 0.4) is 0 Å². The molecule has 1 aromatic carbocycles. The lowest BCUT2D eigenvalue weighted by atomic mass is 10.1. The number of primary amides is 1. The second kappa shape index (κ2) is 8.91. The van der Waals surface area contributed by atoms with Gasteiger partial charge >= 0.3 is 0 Å². The number of hydrogen-bond donors (Lipinski definition) is 1. The van der Waals surface area contributed by atoms with Crippen LogP contribution in [-0.2, 0) is 9.53 Å². The number of para-hydroxylation sites is 1. The molecule has 2 N–H and O–H groups in total. The largest absolute Gasteiger partial charge is 0.468 e. The predicted octanol–water partition coefficient (Wildman–Crippen LogP) is 3.28. The van der Waals surface area contributed by atoms with Crippen molar-refractivity contribution in [3.8, 4) is 5.88 Å². The number of pyridine rings is 1. The molecule has 2 bridgehead atoms. The average molecular weight is 400 g/mol. The molecule has 1 atom stereocenters. The number of hydrogen-bond acceptors (Lipinski definition) is 6. The molecule has 1 amide bonds. The van der Waals surface area contributed by atoms with Crippen molar-refractivity contribution in [2.45, 2.75) is 6.10 Å². The Morgan fingerprint density at radius 2 is 2.03 bits per heavy atom. The first kappa shape index (κ1) is 19.2. The van der Waals surface area contributed by atoms with Crippen LogP contribution in [0.1, 0.15) is 5.56 Å². The summed E-state index contributed by atoms with van der Waals surface area (Å²) in [6.07, 6.45) is 16.5. The lowest BCUT2D eigenvalue weighted by molar-refractivity contribution is -0.115. The van der Waals surface area contributed by atoms with Gasteiger partial charge in [0.1, 0.15) is 11.8 Å². The van der Waals surface area contributed by atoms with Gasteiger partial charge in [-0.05, 0) is 30.4 Å². The highest BCUT2D eigenvalue weighted by Gasteiger charge is 2.27. The van der Waals surface area contributed by atoms with Gasteiger partial charge in [0.15, 0.2) is 6.40 Å². The summed E-state index contributed by atoms with van der Waals surface area (Å²) in [6, 6.07) is 9.86. The summed E-state index contributed by atoms with van der Waals surface area (Å²) < 4.78 is 11.3. The van der Waals surface area contributed by atoms with E-state index in [0.29, 0.717) is 18.1 Å². The molecule has 7 heteroatoms. The number of fused-ring (bicyclic) bond motifs is 4. The van der Waals surface area contributed by atoms with Crippen LogP contribution in [0.5, 0.6) is 5.88 Å². The first-order valence-corrected chi connectivity index (χ1v) is 9.39. The molecule has 0 fully saturated rings. The van der Waals surface area contributed by atoms with Crippen molar-refractivity contribution in [2.75, 3.05) is 6.54 Å². The third-order valence-electron chi connectivity index (χ3n) is 4.48. The molecule has 0 aliphatic carbocycles. The maximum atomic E-state index is 11.9. The Morgan fingerprint density at radius 3 is 2.93 bits per heavy atom. The molecular weight excluding hydrogens is 380 g/mol. The SMILES string of the molecule is NC(=O)C1=CC2CN1C=CN=COC=CC=CC=Cc1cc3ccccc3nc1O2. The van der Waals surface area contributed by atoms with Crippen molar-refractivity contribution >= 4 is 29.3 Å². The normalized spacial score (nSPS) is 18.5. The minimum Gasteiger partial charge on any atom is -0.468 e. The minimum absolute atomic E-state index is 0.342. The van der Waals surface area contributed by atoms with Crippen LogP contribution in [0.2, 0.25) is 0 Å². The van der Waals surface area contributed by atoms with Crippen LogP contribution in [0.15, 0.2) is 90.1 Å². The third kappa shape index (κ3) is 4.47. The molecule has 2 aliphatic heterocycles. The van der Waals surface area contributed by atoms with E-state index >= 15 is 0 Å². The number of nitrogens with two attached hydrogens (primary N) is 1. The maximum Gasteiger partial charge on any atom is 0.265 e.